The Hall–Kier alpha value is -2.36. The van der Waals surface area contributed by atoms with Crippen LogP contribution in [0.2, 0.25) is 0 Å². The number of thiophene rings is 1. The van der Waals surface area contributed by atoms with Gasteiger partial charge in [-0.2, -0.15) is 5.26 Å². The van der Waals surface area contributed by atoms with Gasteiger partial charge in [-0.05, 0) is 68.0 Å². The molecule has 1 unspecified atom stereocenters. The van der Waals surface area contributed by atoms with Crippen LogP contribution in [-0.2, 0) is 4.79 Å². The highest BCUT2D eigenvalue weighted by Crippen LogP contribution is 2.51. The average Bonchev–Trinajstić information content (AvgIpc) is 2.99. The molecule has 0 saturated carbocycles. The van der Waals surface area contributed by atoms with Gasteiger partial charge in [0.15, 0.2) is 5.78 Å². The van der Waals surface area contributed by atoms with Gasteiger partial charge < -0.3 is 5.73 Å². The maximum Gasteiger partial charge on any atom is 0.162 e. The predicted octanol–water partition coefficient (Wildman–Crippen LogP) is 6.38. The molecule has 1 aromatic carbocycles. The van der Waals surface area contributed by atoms with E-state index in [0.717, 1.165) is 43.9 Å². The van der Waals surface area contributed by atoms with Crippen LogP contribution in [0.15, 0.2) is 51.4 Å². The van der Waals surface area contributed by atoms with E-state index < -0.39 is 5.92 Å². The molecule has 31 heavy (non-hydrogen) atoms. The van der Waals surface area contributed by atoms with E-state index in [1.165, 1.54) is 4.88 Å². The van der Waals surface area contributed by atoms with E-state index in [0.29, 0.717) is 17.8 Å². The zero-order valence-corrected chi connectivity index (χ0v) is 20.9. The van der Waals surface area contributed by atoms with E-state index in [1.54, 1.807) is 11.3 Å². The number of halogens is 1. The molecule has 0 saturated heterocycles. The lowest BCUT2D eigenvalue weighted by Gasteiger charge is -2.44. The summed E-state index contributed by atoms with van der Waals surface area (Å²) in [4.78, 5) is 17.8. The van der Waals surface area contributed by atoms with Crippen molar-refractivity contribution in [1.82, 2.24) is 0 Å². The number of rotatable bonds is 2. The maximum absolute atomic E-state index is 13.6. The maximum atomic E-state index is 13.6. The monoisotopic (exact) mass is 495 g/mol. The number of anilines is 1. The van der Waals surface area contributed by atoms with Crippen molar-refractivity contribution < 1.29 is 4.79 Å². The van der Waals surface area contributed by atoms with Gasteiger partial charge in [-0.3, -0.25) is 9.69 Å². The summed E-state index contributed by atoms with van der Waals surface area (Å²) >= 11 is 5.22. The predicted molar refractivity (Wildman–Crippen MR) is 130 cm³/mol. The molecule has 2 heterocycles. The number of hydrogen-bond acceptors (Lipinski definition) is 5. The molecule has 2 N–H and O–H groups in total. The van der Waals surface area contributed by atoms with Gasteiger partial charge >= 0.3 is 0 Å². The Kier molecular flexibility index (Phi) is 5.39. The molecular weight excluding hydrogens is 470 g/mol. The molecule has 1 aliphatic heterocycles. The summed E-state index contributed by atoms with van der Waals surface area (Å²) in [6.45, 7) is 10.4. The van der Waals surface area contributed by atoms with Gasteiger partial charge in [0.1, 0.15) is 5.82 Å². The molecule has 0 fully saturated rings. The highest BCUT2D eigenvalue weighted by molar-refractivity contribution is 9.10. The van der Waals surface area contributed by atoms with Gasteiger partial charge in [0.2, 0.25) is 0 Å². The second kappa shape index (κ2) is 7.65. The van der Waals surface area contributed by atoms with Gasteiger partial charge in [-0.15, -0.1) is 11.3 Å². The number of nitrogens with two attached hydrogens (primary N) is 1. The molecular formula is C25H26BrN3OS. The quantitative estimate of drug-likeness (QED) is 0.524. The van der Waals surface area contributed by atoms with E-state index in [9.17, 15) is 10.1 Å². The minimum atomic E-state index is -0.402. The normalized spacial score (nSPS) is 20.7. The molecule has 1 aromatic heterocycles. The van der Waals surface area contributed by atoms with Gasteiger partial charge in [-0.25, -0.2) is 0 Å². The highest BCUT2D eigenvalue weighted by atomic mass is 79.9. The number of carbonyl (C=O) groups excluding carboxylic acids is 1. The number of allylic oxidation sites excluding steroid dienone is 3. The lowest BCUT2D eigenvalue weighted by molar-refractivity contribution is -0.118. The second-order valence-corrected chi connectivity index (χ2v) is 11.7. The van der Waals surface area contributed by atoms with Crippen LogP contribution in [0.1, 0.15) is 53.5 Å². The summed E-state index contributed by atoms with van der Waals surface area (Å²) in [5.74, 6) is 0.130. The number of nitriles is 1. The van der Waals surface area contributed by atoms with Crippen molar-refractivity contribution in [2.45, 2.75) is 53.4 Å². The van der Waals surface area contributed by atoms with Gasteiger partial charge in [0, 0.05) is 31.9 Å². The summed E-state index contributed by atoms with van der Waals surface area (Å²) < 4.78 is 0.977. The fourth-order valence-corrected chi connectivity index (χ4v) is 6.34. The van der Waals surface area contributed by atoms with E-state index in [4.69, 9.17) is 5.73 Å². The van der Waals surface area contributed by atoms with Crippen LogP contribution < -0.4 is 10.6 Å². The largest absolute Gasteiger partial charge is 0.384 e. The van der Waals surface area contributed by atoms with Crippen molar-refractivity contribution >= 4 is 38.7 Å². The first-order chi connectivity index (χ1) is 14.5. The van der Waals surface area contributed by atoms with Gasteiger partial charge in [-0.1, -0.05) is 29.8 Å². The summed E-state index contributed by atoms with van der Waals surface area (Å²) in [5, 5.41) is 10.2. The van der Waals surface area contributed by atoms with E-state index in [2.05, 4.69) is 55.8 Å². The zero-order chi connectivity index (χ0) is 22.7. The molecule has 0 bridgehead atoms. The van der Waals surface area contributed by atoms with Crippen molar-refractivity contribution in [1.29, 1.82) is 5.26 Å². The molecule has 1 atom stereocenters. The van der Waals surface area contributed by atoms with E-state index in [1.807, 2.05) is 30.0 Å². The first-order valence-electron chi connectivity index (χ1n) is 10.3. The van der Waals surface area contributed by atoms with E-state index in [-0.39, 0.29) is 11.2 Å². The van der Waals surface area contributed by atoms with Crippen molar-refractivity contribution in [3.8, 4) is 6.07 Å². The SMILES string of the molecule is Cc1cc(C2C(C#N)=C(N)N(c3ccc(Br)cc3C)C3=C2C(=O)CC(C)(C)C3)c(C)s1. The number of Topliss-reactive ketones (excluding diaryl/α,β-unsaturated/α-hetero) is 1. The van der Waals surface area contributed by atoms with Crippen LogP contribution in [0.5, 0.6) is 0 Å². The van der Waals surface area contributed by atoms with Crippen molar-refractivity contribution in [2.75, 3.05) is 4.90 Å². The third-order valence-electron chi connectivity index (χ3n) is 6.17. The fraction of sp³-hybridized carbons (Fsp3) is 0.360. The molecule has 0 radical (unpaired) electrons. The smallest absolute Gasteiger partial charge is 0.162 e. The first kappa shape index (κ1) is 21.9. The average molecular weight is 496 g/mol. The summed E-state index contributed by atoms with van der Waals surface area (Å²) in [7, 11) is 0. The number of aryl methyl sites for hydroxylation is 3. The van der Waals surface area contributed by atoms with Crippen molar-refractivity contribution in [3.05, 3.63) is 72.3 Å². The fourth-order valence-electron chi connectivity index (χ4n) is 4.90. The molecule has 0 spiro atoms. The lowest BCUT2D eigenvalue weighted by Crippen LogP contribution is -2.42. The van der Waals surface area contributed by atoms with Crippen LogP contribution in [-0.4, -0.2) is 5.78 Å². The standard InChI is InChI=1S/C25H26BrN3OS/c1-13-8-16(26)6-7-19(13)29-20-10-25(4,5)11-21(30)23(20)22(18(12-27)24(29)28)17-9-14(2)31-15(17)3/h6-9,22H,10-11,28H2,1-5H3. The zero-order valence-electron chi connectivity index (χ0n) is 18.5. The lowest BCUT2D eigenvalue weighted by atomic mass is 9.68. The molecule has 2 aliphatic rings. The molecule has 4 nitrogen and oxygen atoms in total. The minimum absolute atomic E-state index is 0.111. The Morgan fingerprint density at radius 3 is 2.52 bits per heavy atom. The Balaban J connectivity index is 2.04. The van der Waals surface area contributed by atoms with Crippen molar-refractivity contribution in [3.63, 3.8) is 0 Å². The summed E-state index contributed by atoms with van der Waals surface area (Å²) in [5.41, 5.74) is 11.6. The highest BCUT2D eigenvalue weighted by Gasteiger charge is 2.45. The van der Waals surface area contributed by atoms with Gasteiger partial charge in [0.05, 0.1) is 23.2 Å². The Labute approximate surface area is 196 Å². The molecule has 6 heteroatoms. The molecule has 4 rings (SSSR count). The van der Waals surface area contributed by atoms with E-state index >= 15 is 0 Å². The number of carbonyl (C=O) groups is 1. The molecule has 0 amide bonds. The molecule has 2 aromatic rings. The van der Waals surface area contributed by atoms with Crippen LogP contribution in [0.25, 0.3) is 0 Å². The Morgan fingerprint density at radius 2 is 1.94 bits per heavy atom. The van der Waals surface area contributed by atoms with Crippen LogP contribution in [0, 0.1) is 37.5 Å². The van der Waals surface area contributed by atoms with Crippen LogP contribution in [0.4, 0.5) is 5.69 Å². The van der Waals surface area contributed by atoms with Crippen LogP contribution >= 0.6 is 27.3 Å². The second-order valence-electron chi connectivity index (χ2n) is 9.28. The minimum Gasteiger partial charge on any atom is -0.384 e. The summed E-state index contributed by atoms with van der Waals surface area (Å²) in [6.07, 6.45) is 1.19. The third kappa shape index (κ3) is 3.64. The number of nitrogens with zero attached hydrogens (tertiary/aromatic N) is 2. The Bertz CT molecular complexity index is 1210. The number of hydrogen-bond donors (Lipinski definition) is 1. The molecule has 1 aliphatic carbocycles. The number of benzene rings is 1. The Morgan fingerprint density at radius 1 is 1.23 bits per heavy atom. The van der Waals surface area contributed by atoms with Crippen molar-refractivity contribution in [2.24, 2.45) is 11.1 Å². The first-order valence-corrected chi connectivity index (χ1v) is 11.9. The van der Waals surface area contributed by atoms with Gasteiger partial charge in [0.25, 0.3) is 0 Å². The molecule has 160 valence electrons. The van der Waals surface area contributed by atoms with Crippen LogP contribution in [0.3, 0.4) is 0 Å². The number of ketones is 1. The summed E-state index contributed by atoms with van der Waals surface area (Å²) in [6, 6.07) is 10.5. The third-order valence-corrected chi connectivity index (χ3v) is 7.65. The topological polar surface area (TPSA) is 70.1 Å².